The van der Waals surface area contributed by atoms with Gasteiger partial charge in [-0.1, -0.05) is 13.8 Å². The van der Waals surface area contributed by atoms with Gasteiger partial charge in [-0.05, 0) is 0 Å². The number of ether oxygens (including phenoxy) is 1. The van der Waals surface area contributed by atoms with E-state index in [-0.39, 0.29) is 6.10 Å². The fourth-order valence-electron chi connectivity index (χ4n) is 2.53. The van der Waals surface area contributed by atoms with E-state index in [1.807, 2.05) is 75.1 Å². The molecule has 0 aliphatic carbocycles. The molecule has 28 heavy (non-hydrogen) atoms. The number of hydrogen-bond acceptors (Lipinski definition) is 3. The van der Waals surface area contributed by atoms with Crippen LogP contribution in [0, 0.1) is 0 Å². The molecular weight excluding hydrogens is 342 g/mol. The number of rotatable bonds is 9. The molecule has 0 amide bonds. The number of anilines is 1. The van der Waals surface area contributed by atoms with Crippen molar-refractivity contribution in [3.63, 3.8) is 0 Å². The Balaban J connectivity index is 0.00000190. The Labute approximate surface area is 172 Å². The Kier molecular flexibility index (Phi) is 10.1. The molecule has 0 saturated carbocycles. The molecule has 1 heterocycles. The predicted molar refractivity (Wildman–Crippen MR) is 124 cm³/mol. The molecule has 3 nitrogen and oxygen atoms in total. The third-order valence-electron chi connectivity index (χ3n) is 3.92. The van der Waals surface area contributed by atoms with Crippen LogP contribution >= 0.6 is 0 Å². The summed E-state index contributed by atoms with van der Waals surface area (Å²) < 4.78 is 6.11. The molecule has 3 radical (unpaired) electrons. The van der Waals surface area contributed by atoms with Gasteiger partial charge in [0.2, 0.25) is 0 Å². The second-order valence-electron chi connectivity index (χ2n) is 6.18. The van der Waals surface area contributed by atoms with E-state index >= 15 is 0 Å². The van der Waals surface area contributed by atoms with Gasteiger partial charge in [0.25, 0.3) is 0 Å². The Morgan fingerprint density at radius 2 is 1.79 bits per heavy atom. The Hall–Kier alpha value is -2.55. The standard InChI is InChI=1S/C21H23B2N2O.C2H6/c1-5-19(26-18-11-9-17(10-12-18)15(2)3)21(23)25(14-16(4)22)20-8-6-7-13-24-20;1-2/h6-13,19H,2,4-5,14H2,1,3H3;1-2H3. The Morgan fingerprint density at radius 1 is 1.14 bits per heavy atom. The van der Waals surface area contributed by atoms with Gasteiger partial charge >= 0.3 is 158 Å². The quantitative estimate of drug-likeness (QED) is 0.593. The van der Waals surface area contributed by atoms with E-state index in [1.54, 1.807) is 6.20 Å². The van der Waals surface area contributed by atoms with Crippen LogP contribution in [-0.2, 0) is 0 Å². The average Bonchev–Trinajstić information content (AvgIpc) is 2.72. The van der Waals surface area contributed by atoms with E-state index in [2.05, 4.69) is 18.1 Å². The second-order valence-corrected chi connectivity index (χ2v) is 6.18. The van der Waals surface area contributed by atoms with Crippen LogP contribution in [0.1, 0.15) is 39.7 Å². The van der Waals surface area contributed by atoms with Gasteiger partial charge in [0.05, 0.1) is 0 Å². The summed E-state index contributed by atoms with van der Waals surface area (Å²) in [4.78, 5) is 6.20. The first kappa shape index (κ1) is 23.5. The van der Waals surface area contributed by atoms with Gasteiger partial charge in [0.15, 0.2) is 0 Å². The molecule has 1 aromatic heterocycles. The predicted octanol–water partition coefficient (Wildman–Crippen LogP) is 4.79. The Bertz CT molecular complexity index is 773. The van der Waals surface area contributed by atoms with E-state index < -0.39 is 0 Å². The molecule has 2 rings (SSSR count). The van der Waals surface area contributed by atoms with Crippen molar-refractivity contribution in [1.82, 2.24) is 4.98 Å². The van der Waals surface area contributed by atoms with Crippen molar-refractivity contribution in [3.8, 4) is 5.75 Å². The summed E-state index contributed by atoms with van der Waals surface area (Å²) in [5.74, 6) is 1.45. The van der Waals surface area contributed by atoms with Gasteiger partial charge < -0.3 is 0 Å². The number of nitrogens with zero attached hydrogens (tertiary/aromatic N) is 2. The van der Waals surface area contributed by atoms with Crippen LogP contribution in [0.5, 0.6) is 5.75 Å². The molecule has 2 aromatic rings. The third kappa shape index (κ3) is 6.88. The normalized spacial score (nSPS) is 10.8. The molecule has 143 valence electrons. The van der Waals surface area contributed by atoms with Crippen molar-refractivity contribution in [2.75, 3.05) is 11.4 Å². The molecule has 0 saturated heterocycles. The first-order chi connectivity index (χ1) is 13.4. The van der Waals surface area contributed by atoms with E-state index in [0.29, 0.717) is 29.8 Å². The summed E-state index contributed by atoms with van der Waals surface area (Å²) >= 11 is 0. The number of pyridine rings is 1. The van der Waals surface area contributed by atoms with Gasteiger partial charge in [-0.15, -0.1) is 0 Å². The number of benzene rings is 1. The van der Waals surface area contributed by atoms with Crippen LogP contribution < -0.4 is 9.64 Å². The first-order valence-electron chi connectivity index (χ1n) is 9.59. The summed E-state index contributed by atoms with van der Waals surface area (Å²) in [6, 6.07) is 13.5. The van der Waals surface area contributed by atoms with Crippen LogP contribution in [0.3, 0.4) is 0 Å². The molecule has 0 N–H and O–H groups in total. The summed E-state index contributed by atoms with van der Waals surface area (Å²) in [5, 5.41) is 0. The maximum atomic E-state index is 6.45. The molecule has 1 aromatic carbocycles. The van der Waals surface area contributed by atoms with Crippen molar-refractivity contribution in [3.05, 3.63) is 72.9 Å². The van der Waals surface area contributed by atoms with Gasteiger partial charge in [-0.2, -0.15) is 0 Å². The van der Waals surface area contributed by atoms with Crippen molar-refractivity contribution in [1.29, 1.82) is 0 Å². The monoisotopic (exact) mass is 371 g/mol. The number of allylic oxidation sites excluding steroid dienone is 1. The van der Waals surface area contributed by atoms with E-state index in [9.17, 15) is 0 Å². The van der Waals surface area contributed by atoms with E-state index in [0.717, 1.165) is 16.9 Å². The van der Waals surface area contributed by atoms with Crippen molar-refractivity contribution >= 4 is 32.3 Å². The van der Waals surface area contributed by atoms with Crippen LogP contribution in [0.2, 0.25) is 0 Å². The zero-order valence-corrected chi connectivity index (χ0v) is 17.5. The zero-order valence-electron chi connectivity index (χ0n) is 17.5. The first-order valence-corrected chi connectivity index (χ1v) is 9.59. The van der Waals surface area contributed by atoms with Gasteiger partial charge in [0, 0.05) is 0 Å². The number of aromatic nitrogens is 1. The minimum absolute atomic E-state index is 0.313. The molecule has 0 spiro atoms. The van der Waals surface area contributed by atoms with E-state index in [4.69, 9.17) is 20.1 Å². The zero-order chi connectivity index (χ0) is 21.1. The van der Waals surface area contributed by atoms with Crippen molar-refractivity contribution in [2.45, 2.75) is 40.2 Å². The summed E-state index contributed by atoms with van der Waals surface area (Å²) in [6.45, 7) is 16.1. The van der Waals surface area contributed by atoms with Gasteiger partial charge in [0.1, 0.15) is 0 Å². The molecule has 0 fully saturated rings. The fraction of sp³-hybridized carbons (Fsp3) is 0.304. The van der Waals surface area contributed by atoms with Crippen LogP contribution in [-0.4, -0.2) is 38.6 Å². The molecule has 0 aliphatic heterocycles. The topological polar surface area (TPSA) is 25.4 Å². The van der Waals surface area contributed by atoms with E-state index in [1.165, 1.54) is 0 Å². The van der Waals surface area contributed by atoms with Crippen molar-refractivity contribution < 1.29 is 4.74 Å². The fourth-order valence-corrected chi connectivity index (χ4v) is 2.53. The van der Waals surface area contributed by atoms with Crippen LogP contribution in [0.25, 0.3) is 5.57 Å². The molecule has 5 heteroatoms. The molecule has 0 bridgehead atoms. The maximum absolute atomic E-state index is 6.45. The summed E-state index contributed by atoms with van der Waals surface area (Å²) in [5.41, 5.74) is 3.13. The van der Waals surface area contributed by atoms with Crippen molar-refractivity contribution in [2.24, 2.45) is 0 Å². The molecule has 1 unspecified atom stereocenters. The van der Waals surface area contributed by atoms with Gasteiger partial charge in [-0.3, -0.25) is 0 Å². The van der Waals surface area contributed by atoms with Crippen LogP contribution in [0.4, 0.5) is 5.82 Å². The SMILES string of the molecule is CC.[B]C(=C)CN(C(=[B])C(CC)Oc1ccc(C(=C)C)cc1)c1ccccn1. The summed E-state index contributed by atoms with van der Waals surface area (Å²) in [7, 11) is 12.3. The second kappa shape index (κ2) is 12.0. The third-order valence-corrected chi connectivity index (χ3v) is 3.92. The summed E-state index contributed by atoms with van der Waals surface area (Å²) in [6.07, 6.45) is 2.11. The number of hydrogen-bond donors (Lipinski definition) is 0. The average molecular weight is 371 g/mol. The van der Waals surface area contributed by atoms with Crippen LogP contribution in [0.15, 0.2) is 67.3 Å². The Morgan fingerprint density at radius 3 is 2.25 bits per heavy atom. The molecular formula is C23H29B2N2O. The minimum atomic E-state index is -0.313. The molecule has 1 atom stereocenters. The van der Waals surface area contributed by atoms with Gasteiger partial charge in [-0.25, -0.2) is 0 Å². The molecule has 0 aliphatic rings.